The molecular weight excluding hydrogens is 364 g/mol. The van der Waals surface area contributed by atoms with Crippen LogP contribution in [-0.2, 0) is 4.79 Å². The highest BCUT2D eigenvalue weighted by atomic mass is 32.1. The summed E-state index contributed by atoms with van der Waals surface area (Å²) in [6.07, 6.45) is 10.5. The number of amides is 2. The van der Waals surface area contributed by atoms with E-state index < -0.39 is 5.91 Å². The maximum absolute atomic E-state index is 12.5. The van der Waals surface area contributed by atoms with E-state index in [-0.39, 0.29) is 18.2 Å². The molecular formula is C19H26N4O3S. The van der Waals surface area contributed by atoms with Gasteiger partial charge >= 0.3 is 0 Å². The monoisotopic (exact) mass is 390 g/mol. The molecule has 3 rings (SSSR count). The van der Waals surface area contributed by atoms with E-state index in [4.69, 9.17) is 16.6 Å². The van der Waals surface area contributed by atoms with Crippen LogP contribution in [0, 0.1) is 0 Å². The molecule has 2 N–H and O–H groups in total. The summed E-state index contributed by atoms with van der Waals surface area (Å²) in [6.45, 7) is 1.98. The zero-order chi connectivity index (χ0) is 19.1. The van der Waals surface area contributed by atoms with Crippen molar-refractivity contribution in [1.82, 2.24) is 20.7 Å². The minimum Gasteiger partial charge on any atom is -0.459 e. The summed E-state index contributed by atoms with van der Waals surface area (Å²) in [4.78, 5) is 24.4. The van der Waals surface area contributed by atoms with E-state index in [1.165, 1.54) is 37.5 Å². The van der Waals surface area contributed by atoms with Gasteiger partial charge in [0.1, 0.15) is 0 Å². The Hall–Kier alpha value is -2.35. The number of furan rings is 1. The normalized spacial score (nSPS) is 16.8. The van der Waals surface area contributed by atoms with Gasteiger partial charge in [-0.15, -0.1) is 0 Å². The largest absolute Gasteiger partial charge is 0.459 e. The fourth-order valence-corrected chi connectivity index (χ4v) is 3.67. The van der Waals surface area contributed by atoms with Crippen molar-refractivity contribution in [2.75, 3.05) is 26.2 Å². The first-order valence-electron chi connectivity index (χ1n) is 9.50. The fourth-order valence-electron chi connectivity index (χ4n) is 3.38. The first-order valence-corrected chi connectivity index (χ1v) is 9.91. The smallest absolute Gasteiger partial charge is 0.287 e. The minimum atomic E-state index is -0.402. The summed E-state index contributed by atoms with van der Waals surface area (Å²) in [5, 5.41) is 9.82. The Bertz CT molecular complexity index is 702. The lowest BCUT2D eigenvalue weighted by Crippen LogP contribution is -2.51. The summed E-state index contributed by atoms with van der Waals surface area (Å²) < 4.78 is 5.02. The van der Waals surface area contributed by atoms with Crippen molar-refractivity contribution in [3.05, 3.63) is 35.8 Å². The zero-order valence-corrected chi connectivity index (χ0v) is 16.2. The molecule has 27 heavy (non-hydrogen) atoms. The van der Waals surface area contributed by atoms with Gasteiger partial charge < -0.3 is 15.1 Å². The molecule has 1 aromatic rings. The van der Waals surface area contributed by atoms with Gasteiger partial charge in [-0.25, -0.2) is 0 Å². The van der Waals surface area contributed by atoms with E-state index >= 15 is 0 Å². The van der Waals surface area contributed by atoms with Crippen LogP contribution in [0.4, 0.5) is 0 Å². The first kappa shape index (κ1) is 19.4. The second-order valence-corrected chi connectivity index (χ2v) is 7.13. The molecule has 0 aromatic carbocycles. The molecule has 8 heteroatoms. The number of hydrogen-bond acceptors (Lipinski definition) is 4. The summed E-state index contributed by atoms with van der Waals surface area (Å²) in [7, 11) is 0. The number of allylic oxidation sites excluding steroid dienone is 1. The van der Waals surface area contributed by atoms with E-state index in [9.17, 15) is 9.59 Å². The molecule has 1 saturated heterocycles. The molecule has 7 nitrogen and oxygen atoms in total. The van der Waals surface area contributed by atoms with E-state index in [1.54, 1.807) is 22.2 Å². The maximum atomic E-state index is 12.5. The lowest BCUT2D eigenvalue weighted by molar-refractivity contribution is -0.137. The van der Waals surface area contributed by atoms with Crippen molar-refractivity contribution in [3.63, 3.8) is 0 Å². The Morgan fingerprint density at radius 2 is 2.00 bits per heavy atom. The average molecular weight is 391 g/mol. The van der Waals surface area contributed by atoms with Gasteiger partial charge in [-0.05, 0) is 62.9 Å². The SMILES string of the molecule is O=C(NCC(=O)N1CCCN1C(=S)NCCC1=CCCCC1)c1ccco1. The molecule has 0 spiro atoms. The molecule has 0 unspecified atom stereocenters. The molecule has 146 valence electrons. The van der Waals surface area contributed by atoms with Crippen LogP contribution in [0.3, 0.4) is 0 Å². The zero-order valence-electron chi connectivity index (χ0n) is 15.4. The summed E-state index contributed by atoms with van der Waals surface area (Å²) in [6, 6.07) is 3.19. The molecule has 1 aromatic heterocycles. The fraction of sp³-hybridized carbons (Fsp3) is 0.526. The third-order valence-corrected chi connectivity index (χ3v) is 5.16. The Labute approximate surface area is 164 Å². The van der Waals surface area contributed by atoms with Crippen molar-refractivity contribution < 1.29 is 14.0 Å². The molecule has 2 heterocycles. The number of nitrogens with zero attached hydrogens (tertiary/aromatic N) is 2. The molecule has 2 amide bonds. The molecule has 1 aliphatic carbocycles. The minimum absolute atomic E-state index is 0.0917. The van der Waals surface area contributed by atoms with Crippen LogP contribution in [0.2, 0.25) is 0 Å². The predicted octanol–water partition coefficient (Wildman–Crippen LogP) is 2.22. The highest BCUT2D eigenvalue weighted by Gasteiger charge is 2.28. The number of carbonyl (C=O) groups is 2. The summed E-state index contributed by atoms with van der Waals surface area (Å²) in [5.41, 5.74) is 1.49. The second-order valence-electron chi connectivity index (χ2n) is 6.74. The first-order chi connectivity index (χ1) is 13.1. The van der Waals surface area contributed by atoms with Crippen LogP contribution in [0.1, 0.15) is 49.1 Å². The van der Waals surface area contributed by atoms with Crippen LogP contribution >= 0.6 is 12.2 Å². The molecule has 0 bridgehead atoms. The molecule has 1 fully saturated rings. The summed E-state index contributed by atoms with van der Waals surface area (Å²) in [5.74, 6) is -0.401. The van der Waals surface area contributed by atoms with Gasteiger partial charge in [-0.2, -0.15) is 0 Å². The Kier molecular flexibility index (Phi) is 6.86. The average Bonchev–Trinajstić information content (AvgIpc) is 3.38. The summed E-state index contributed by atoms with van der Waals surface area (Å²) >= 11 is 5.48. The Morgan fingerprint density at radius 1 is 1.15 bits per heavy atom. The standard InChI is InChI=1S/C19H26N4O3S/c24-17(14-21-18(25)16-8-4-13-26-16)22-11-5-12-23(22)19(27)20-10-9-15-6-2-1-3-7-15/h4,6,8,13H,1-3,5,7,9-12,14H2,(H,20,27)(H,21,25). The molecule has 1 aliphatic heterocycles. The second kappa shape index (κ2) is 9.55. The molecule has 0 atom stereocenters. The number of hydrazine groups is 1. The van der Waals surface area contributed by atoms with Crippen molar-refractivity contribution in [2.24, 2.45) is 0 Å². The topological polar surface area (TPSA) is 77.8 Å². The van der Waals surface area contributed by atoms with E-state index in [0.717, 1.165) is 19.4 Å². The highest BCUT2D eigenvalue weighted by Crippen LogP contribution is 2.19. The van der Waals surface area contributed by atoms with Gasteiger partial charge in [-0.1, -0.05) is 11.6 Å². The van der Waals surface area contributed by atoms with Crippen LogP contribution in [0.15, 0.2) is 34.5 Å². The van der Waals surface area contributed by atoms with E-state index in [0.29, 0.717) is 18.2 Å². The van der Waals surface area contributed by atoms with Crippen molar-refractivity contribution in [2.45, 2.75) is 38.5 Å². The number of hydrogen-bond donors (Lipinski definition) is 2. The van der Waals surface area contributed by atoms with Gasteiger partial charge in [0.15, 0.2) is 10.9 Å². The van der Waals surface area contributed by atoms with Gasteiger partial charge in [0.2, 0.25) is 0 Å². The van der Waals surface area contributed by atoms with Gasteiger partial charge in [-0.3, -0.25) is 19.6 Å². The van der Waals surface area contributed by atoms with Gasteiger partial charge in [0.05, 0.1) is 12.8 Å². The number of rotatable bonds is 6. The Balaban J connectivity index is 1.44. The van der Waals surface area contributed by atoms with Crippen LogP contribution in [0.25, 0.3) is 0 Å². The number of thiocarbonyl (C=S) groups is 1. The van der Waals surface area contributed by atoms with Crippen LogP contribution in [-0.4, -0.2) is 53.1 Å². The Morgan fingerprint density at radius 3 is 2.74 bits per heavy atom. The quantitative estimate of drug-likeness (QED) is 0.573. The lowest BCUT2D eigenvalue weighted by Gasteiger charge is -2.30. The van der Waals surface area contributed by atoms with Crippen molar-refractivity contribution in [1.29, 1.82) is 0 Å². The lowest BCUT2D eigenvalue weighted by atomic mass is 9.97. The third-order valence-electron chi connectivity index (χ3n) is 4.81. The van der Waals surface area contributed by atoms with Gasteiger partial charge in [0.25, 0.3) is 11.8 Å². The number of carbonyl (C=O) groups excluding carboxylic acids is 2. The van der Waals surface area contributed by atoms with Crippen LogP contribution < -0.4 is 10.6 Å². The predicted molar refractivity (Wildman–Crippen MR) is 106 cm³/mol. The van der Waals surface area contributed by atoms with E-state index in [2.05, 4.69) is 16.7 Å². The van der Waals surface area contributed by atoms with Crippen LogP contribution in [0.5, 0.6) is 0 Å². The molecule has 0 saturated carbocycles. The molecule has 2 aliphatic rings. The van der Waals surface area contributed by atoms with Crippen molar-refractivity contribution in [3.8, 4) is 0 Å². The number of nitrogens with one attached hydrogen (secondary N) is 2. The molecule has 0 radical (unpaired) electrons. The maximum Gasteiger partial charge on any atom is 0.287 e. The van der Waals surface area contributed by atoms with Crippen molar-refractivity contribution >= 4 is 29.1 Å². The van der Waals surface area contributed by atoms with E-state index in [1.807, 2.05) is 0 Å². The third kappa shape index (κ3) is 5.32. The highest BCUT2D eigenvalue weighted by molar-refractivity contribution is 7.80. The van der Waals surface area contributed by atoms with Gasteiger partial charge in [0, 0.05) is 19.6 Å².